The van der Waals surface area contributed by atoms with Crippen LogP contribution >= 0.6 is 0 Å². The van der Waals surface area contributed by atoms with Gasteiger partial charge in [0, 0.05) is 5.56 Å². The van der Waals surface area contributed by atoms with Gasteiger partial charge in [-0.25, -0.2) is 0 Å². The van der Waals surface area contributed by atoms with E-state index in [9.17, 15) is 23.2 Å². The Labute approximate surface area is 212 Å². The first-order valence-corrected chi connectivity index (χ1v) is 12.4. The van der Waals surface area contributed by atoms with Crippen LogP contribution in [0, 0.1) is 22.2 Å². The van der Waals surface area contributed by atoms with Gasteiger partial charge in [-0.15, -0.1) is 13.2 Å². The van der Waals surface area contributed by atoms with Crippen molar-refractivity contribution in [2.45, 2.75) is 64.0 Å². The van der Waals surface area contributed by atoms with Crippen molar-refractivity contribution in [3.8, 4) is 17.2 Å². The Hall–Kier alpha value is -3.30. The summed E-state index contributed by atoms with van der Waals surface area (Å²) in [7, 11) is 1.51. The number of methoxy groups -OCH3 is 1. The standard InChI is InChI=1S/C27H29F3N2O5/c1-26-9-8-17-18-13-24(35-2)23(33)12-20(18)22(11-19(17)21(26)6-7-25(26)31-34)32-36-14-15-4-3-5-16(10-15)37-27(28,29)30/h3-5,10,12-13,17,19,21,25,33H,6-9,11,14H2,1-2H3/t17-,19-,21+,25?,26+/m1/s1. The highest BCUT2D eigenvalue weighted by atomic mass is 19.4. The van der Waals surface area contributed by atoms with Crippen LogP contribution in [0.5, 0.6) is 17.2 Å². The summed E-state index contributed by atoms with van der Waals surface area (Å²) in [6, 6.07) is 8.87. The fraction of sp³-hybridized carbons (Fsp3) is 0.519. The zero-order valence-corrected chi connectivity index (χ0v) is 20.6. The Morgan fingerprint density at radius 1 is 1.16 bits per heavy atom. The Kier molecular flexibility index (Phi) is 6.53. The van der Waals surface area contributed by atoms with Crippen molar-refractivity contribution in [1.82, 2.24) is 0 Å². The molecule has 10 heteroatoms. The lowest BCUT2D eigenvalue weighted by molar-refractivity contribution is -0.274. The molecule has 0 spiro atoms. The predicted molar refractivity (Wildman–Crippen MR) is 130 cm³/mol. The van der Waals surface area contributed by atoms with E-state index in [2.05, 4.69) is 22.0 Å². The van der Waals surface area contributed by atoms with Gasteiger partial charge in [0.2, 0.25) is 0 Å². The molecule has 2 aromatic carbocycles. The molecule has 7 nitrogen and oxygen atoms in total. The van der Waals surface area contributed by atoms with Gasteiger partial charge in [-0.05, 0) is 90.7 Å². The van der Waals surface area contributed by atoms with Crippen LogP contribution in [0.3, 0.4) is 0 Å². The number of fused-ring (bicyclic) bond motifs is 5. The van der Waals surface area contributed by atoms with Crippen LogP contribution in [0.4, 0.5) is 13.2 Å². The molecule has 2 aromatic rings. The zero-order chi connectivity index (χ0) is 26.4. The smallest absolute Gasteiger partial charge is 0.504 e. The van der Waals surface area contributed by atoms with Crippen molar-refractivity contribution in [2.75, 3.05) is 7.11 Å². The van der Waals surface area contributed by atoms with Gasteiger partial charge in [0.15, 0.2) is 11.5 Å². The molecule has 3 aliphatic rings. The van der Waals surface area contributed by atoms with Gasteiger partial charge >= 0.3 is 6.36 Å². The summed E-state index contributed by atoms with van der Waals surface area (Å²) >= 11 is 0. The topological polar surface area (TPSA) is 89.7 Å². The van der Waals surface area contributed by atoms with E-state index in [4.69, 9.17) is 9.57 Å². The first-order chi connectivity index (χ1) is 17.6. The zero-order valence-electron chi connectivity index (χ0n) is 20.6. The molecular weight excluding hydrogens is 489 g/mol. The van der Waals surface area contributed by atoms with Crippen LogP contribution in [0.25, 0.3) is 0 Å². The average molecular weight is 519 g/mol. The van der Waals surface area contributed by atoms with Gasteiger partial charge in [-0.2, -0.15) is 4.91 Å². The summed E-state index contributed by atoms with van der Waals surface area (Å²) in [5.74, 6) is 0.791. The molecule has 1 N–H and O–H groups in total. The average Bonchev–Trinajstić information content (AvgIpc) is 3.19. The second-order valence-electron chi connectivity index (χ2n) is 10.4. The highest BCUT2D eigenvalue weighted by Crippen LogP contribution is 2.62. The second-order valence-corrected chi connectivity index (χ2v) is 10.4. The Morgan fingerprint density at radius 3 is 2.70 bits per heavy atom. The van der Waals surface area contributed by atoms with Crippen molar-refractivity contribution in [3.05, 3.63) is 58.0 Å². The van der Waals surface area contributed by atoms with E-state index >= 15 is 0 Å². The number of phenolic OH excluding ortho intramolecular Hbond substituents is 1. The molecule has 37 heavy (non-hydrogen) atoms. The van der Waals surface area contributed by atoms with Crippen molar-refractivity contribution >= 4 is 5.71 Å². The fourth-order valence-corrected chi connectivity index (χ4v) is 6.84. The maximum absolute atomic E-state index is 12.6. The number of nitroso groups, excluding NO2 is 1. The number of phenols is 1. The fourth-order valence-electron chi connectivity index (χ4n) is 6.84. The number of hydrogen-bond acceptors (Lipinski definition) is 7. The third-order valence-electron chi connectivity index (χ3n) is 8.54. The molecule has 2 saturated carbocycles. The van der Waals surface area contributed by atoms with Gasteiger partial charge in [-0.1, -0.05) is 29.4 Å². The molecule has 198 valence electrons. The first-order valence-electron chi connectivity index (χ1n) is 12.4. The molecule has 3 aliphatic carbocycles. The Bertz CT molecular complexity index is 1220. The number of ether oxygens (including phenoxy) is 2. The van der Waals surface area contributed by atoms with Crippen LogP contribution in [0.15, 0.2) is 46.7 Å². The number of alkyl halides is 3. The summed E-state index contributed by atoms with van der Waals surface area (Å²) in [4.78, 5) is 17.2. The minimum atomic E-state index is -4.78. The molecule has 5 rings (SSSR count). The number of rotatable bonds is 6. The number of oxime groups is 1. The molecule has 0 saturated heterocycles. The summed E-state index contributed by atoms with van der Waals surface area (Å²) in [6.45, 7) is 2.12. The lowest BCUT2D eigenvalue weighted by Crippen LogP contribution is -2.44. The predicted octanol–water partition coefficient (Wildman–Crippen LogP) is 6.67. The summed E-state index contributed by atoms with van der Waals surface area (Å²) in [5.41, 5.74) is 2.77. The Morgan fingerprint density at radius 2 is 1.97 bits per heavy atom. The molecule has 0 heterocycles. The summed E-state index contributed by atoms with van der Waals surface area (Å²) in [6.07, 6.45) is -0.690. The van der Waals surface area contributed by atoms with E-state index in [1.54, 1.807) is 12.1 Å². The van der Waals surface area contributed by atoms with Gasteiger partial charge in [0.1, 0.15) is 12.4 Å². The normalized spacial score (nSPS) is 29.7. The number of aromatic hydroxyl groups is 1. The maximum atomic E-state index is 12.6. The lowest BCUT2D eigenvalue weighted by atomic mass is 9.55. The molecule has 0 bridgehead atoms. The summed E-state index contributed by atoms with van der Waals surface area (Å²) < 4.78 is 47.1. The van der Waals surface area contributed by atoms with Crippen molar-refractivity contribution in [2.24, 2.45) is 27.6 Å². The van der Waals surface area contributed by atoms with Crippen LogP contribution in [-0.2, 0) is 11.4 Å². The quantitative estimate of drug-likeness (QED) is 0.341. The SMILES string of the molecule is COc1cc2c(cc1O)C(=NOCc1cccc(OC(F)(F)F)c1)C[C@@H]1[C@@H]2CC[C@]2(C)C(N=O)CC[C@@H]12. The van der Waals surface area contributed by atoms with Crippen LogP contribution in [-0.4, -0.2) is 30.3 Å². The van der Waals surface area contributed by atoms with Gasteiger partial charge < -0.3 is 19.4 Å². The Balaban J connectivity index is 1.44. The molecule has 0 amide bonds. The summed E-state index contributed by atoms with van der Waals surface area (Å²) in [5, 5.41) is 18.4. The third-order valence-corrected chi connectivity index (χ3v) is 8.54. The minimum Gasteiger partial charge on any atom is -0.504 e. The minimum absolute atomic E-state index is 0.00358. The highest BCUT2D eigenvalue weighted by molar-refractivity contribution is 6.03. The second kappa shape index (κ2) is 9.54. The van der Waals surface area contributed by atoms with E-state index in [1.807, 2.05) is 6.07 Å². The highest BCUT2D eigenvalue weighted by Gasteiger charge is 2.56. The molecule has 0 aromatic heterocycles. The van der Waals surface area contributed by atoms with E-state index in [0.717, 1.165) is 36.8 Å². The molecule has 2 fully saturated rings. The van der Waals surface area contributed by atoms with Crippen molar-refractivity contribution < 1.29 is 32.6 Å². The largest absolute Gasteiger partial charge is 0.573 e. The molecular formula is C27H29F3N2O5. The van der Waals surface area contributed by atoms with Crippen LogP contribution in [0.2, 0.25) is 0 Å². The van der Waals surface area contributed by atoms with Gasteiger partial charge in [0.25, 0.3) is 0 Å². The molecule has 1 unspecified atom stereocenters. The van der Waals surface area contributed by atoms with Gasteiger partial charge in [0.05, 0.1) is 18.9 Å². The number of halogens is 3. The van der Waals surface area contributed by atoms with Crippen LogP contribution in [0.1, 0.15) is 61.6 Å². The molecule has 5 atom stereocenters. The number of benzene rings is 2. The van der Waals surface area contributed by atoms with E-state index in [1.165, 1.54) is 25.3 Å². The molecule has 0 aliphatic heterocycles. The van der Waals surface area contributed by atoms with Crippen molar-refractivity contribution in [1.29, 1.82) is 0 Å². The monoisotopic (exact) mass is 518 g/mol. The van der Waals surface area contributed by atoms with E-state index in [0.29, 0.717) is 29.4 Å². The number of hydrogen-bond donors (Lipinski definition) is 1. The van der Waals surface area contributed by atoms with Crippen LogP contribution < -0.4 is 9.47 Å². The third kappa shape index (κ3) is 4.73. The lowest BCUT2D eigenvalue weighted by Gasteiger charge is -2.49. The maximum Gasteiger partial charge on any atom is 0.573 e. The first kappa shape index (κ1) is 25.4. The number of nitrogens with zero attached hydrogens (tertiary/aromatic N) is 2. The van der Waals surface area contributed by atoms with Gasteiger partial charge in [-0.3, -0.25) is 0 Å². The molecule has 0 radical (unpaired) electrons. The van der Waals surface area contributed by atoms with E-state index < -0.39 is 6.36 Å². The van der Waals surface area contributed by atoms with E-state index in [-0.39, 0.29) is 41.4 Å². The van der Waals surface area contributed by atoms with Crippen molar-refractivity contribution in [3.63, 3.8) is 0 Å².